The van der Waals surface area contributed by atoms with Gasteiger partial charge in [0, 0.05) is 16.7 Å². The maximum absolute atomic E-state index is 12.5. The number of hydrogen-bond acceptors (Lipinski definition) is 4. The predicted molar refractivity (Wildman–Crippen MR) is 81.5 cm³/mol. The average molecular weight is 349 g/mol. The molecule has 3 aromatic heterocycles. The lowest BCUT2D eigenvalue weighted by molar-refractivity contribution is 0.101. The number of pyridine rings is 1. The van der Waals surface area contributed by atoms with Gasteiger partial charge in [-0.15, -0.1) is 0 Å². The zero-order chi connectivity index (χ0) is 15.0. The van der Waals surface area contributed by atoms with Gasteiger partial charge in [-0.05, 0) is 41.4 Å². The number of carbonyl (C=O) groups excluding carboxylic acids is 1. The minimum absolute atomic E-state index is 0.259. The quantitative estimate of drug-likeness (QED) is 0.788. The van der Waals surface area contributed by atoms with Crippen molar-refractivity contribution in [1.29, 1.82) is 0 Å². The molecular weight excluding hydrogens is 336 g/mol. The van der Waals surface area contributed by atoms with E-state index in [9.17, 15) is 4.79 Å². The SMILES string of the molecule is CCc1nc2ccc(Br)cn2c1C(=O)Nc1cc(C)on1. The van der Waals surface area contributed by atoms with Crippen LogP contribution in [0.15, 0.2) is 33.4 Å². The summed E-state index contributed by atoms with van der Waals surface area (Å²) in [5, 5.41) is 6.50. The van der Waals surface area contributed by atoms with Crippen molar-refractivity contribution in [3.05, 3.63) is 46.0 Å². The molecule has 0 radical (unpaired) electrons. The fourth-order valence-electron chi connectivity index (χ4n) is 2.16. The molecule has 1 N–H and O–H groups in total. The Morgan fingerprint density at radius 2 is 2.29 bits per heavy atom. The Balaban J connectivity index is 2.05. The van der Waals surface area contributed by atoms with Crippen LogP contribution in [0.2, 0.25) is 0 Å². The third kappa shape index (κ3) is 2.56. The number of hydrogen-bond donors (Lipinski definition) is 1. The lowest BCUT2D eigenvalue weighted by Gasteiger charge is -2.04. The van der Waals surface area contributed by atoms with Crippen LogP contribution in [0.3, 0.4) is 0 Å². The molecule has 0 bridgehead atoms. The van der Waals surface area contributed by atoms with Crippen LogP contribution in [-0.4, -0.2) is 20.4 Å². The van der Waals surface area contributed by atoms with Crippen molar-refractivity contribution in [3.8, 4) is 0 Å². The average Bonchev–Trinajstić information content (AvgIpc) is 3.01. The van der Waals surface area contributed by atoms with Gasteiger partial charge in [-0.3, -0.25) is 9.20 Å². The second kappa shape index (κ2) is 5.33. The molecule has 3 rings (SSSR count). The number of nitrogens with zero attached hydrogens (tertiary/aromatic N) is 3. The van der Waals surface area contributed by atoms with Crippen LogP contribution < -0.4 is 5.32 Å². The van der Waals surface area contributed by atoms with Gasteiger partial charge in [0.05, 0.1) is 5.69 Å². The lowest BCUT2D eigenvalue weighted by atomic mass is 10.2. The smallest absolute Gasteiger partial charge is 0.275 e. The van der Waals surface area contributed by atoms with Crippen molar-refractivity contribution >= 4 is 33.3 Å². The number of aryl methyl sites for hydroxylation is 2. The predicted octanol–water partition coefficient (Wildman–Crippen LogP) is 3.21. The third-order valence-corrected chi connectivity index (χ3v) is 3.54. The molecule has 0 aliphatic rings. The fourth-order valence-corrected chi connectivity index (χ4v) is 2.49. The summed E-state index contributed by atoms with van der Waals surface area (Å²) in [6.45, 7) is 3.74. The maximum Gasteiger partial charge on any atom is 0.275 e. The summed E-state index contributed by atoms with van der Waals surface area (Å²) < 4.78 is 7.60. The number of anilines is 1. The molecule has 0 atom stereocenters. The van der Waals surface area contributed by atoms with E-state index in [1.807, 2.05) is 25.3 Å². The molecule has 0 saturated carbocycles. The summed E-state index contributed by atoms with van der Waals surface area (Å²) in [6.07, 6.45) is 2.49. The van der Waals surface area contributed by atoms with Gasteiger partial charge >= 0.3 is 0 Å². The third-order valence-electron chi connectivity index (χ3n) is 3.07. The van der Waals surface area contributed by atoms with Gasteiger partial charge in [0.15, 0.2) is 5.82 Å². The van der Waals surface area contributed by atoms with E-state index in [-0.39, 0.29) is 5.91 Å². The molecule has 21 heavy (non-hydrogen) atoms. The van der Waals surface area contributed by atoms with Crippen LogP contribution in [0.4, 0.5) is 5.82 Å². The second-order valence-corrected chi connectivity index (χ2v) is 5.53. The van der Waals surface area contributed by atoms with Gasteiger partial charge in [-0.25, -0.2) is 4.98 Å². The number of halogens is 1. The van der Waals surface area contributed by atoms with E-state index >= 15 is 0 Å². The van der Waals surface area contributed by atoms with E-state index in [0.717, 1.165) is 15.8 Å². The number of imidazole rings is 1. The summed E-state index contributed by atoms with van der Waals surface area (Å²) in [4.78, 5) is 17.0. The molecule has 0 saturated heterocycles. The molecule has 1 amide bonds. The summed E-state index contributed by atoms with van der Waals surface area (Å²) >= 11 is 3.41. The Hall–Kier alpha value is -2.15. The number of carbonyl (C=O) groups is 1. The highest BCUT2D eigenvalue weighted by molar-refractivity contribution is 9.10. The summed E-state index contributed by atoms with van der Waals surface area (Å²) in [5.41, 5.74) is 1.98. The van der Waals surface area contributed by atoms with Crippen LogP contribution in [0.5, 0.6) is 0 Å². The van der Waals surface area contributed by atoms with Gasteiger partial charge in [0.25, 0.3) is 5.91 Å². The molecule has 6 nitrogen and oxygen atoms in total. The standard InChI is InChI=1S/C14H13BrN4O2/c1-3-10-13(14(20)17-11-6-8(2)21-18-11)19-7-9(15)4-5-12(19)16-10/h4-7H,3H2,1-2H3,(H,17,18,20). The summed E-state index contributed by atoms with van der Waals surface area (Å²) in [7, 11) is 0. The number of fused-ring (bicyclic) bond motifs is 1. The van der Waals surface area contributed by atoms with Gasteiger partial charge in [-0.1, -0.05) is 12.1 Å². The van der Waals surface area contributed by atoms with Gasteiger partial charge in [0.1, 0.15) is 17.1 Å². The van der Waals surface area contributed by atoms with E-state index in [1.165, 1.54) is 0 Å². The van der Waals surface area contributed by atoms with Crippen molar-refractivity contribution < 1.29 is 9.32 Å². The van der Waals surface area contributed by atoms with Gasteiger partial charge in [-0.2, -0.15) is 0 Å². The highest BCUT2D eigenvalue weighted by atomic mass is 79.9. The fraction of sp³-hybridized carbons (Fsp3) is 0.214. The largest absolute Gasteiger partial charge is 0.360 e. The molecule has 0 aliphatic heterocycles. The summed E-state index contributed by atoms with van der Waals surface area (Å²) in [6, 6.07) is 5.42. The van der Waals surface area contributed by atoms with Gasteiger partial charge in [0.2, 0.25) is 0 Å². The zero-order valence-corrected chi connectivity index (χ0v) is 13.1. The highest BCUT2D eigenvalue weighted by Gasteiger charge is 2.19. The topological polar surface area (TPSA) is 72.4 Å². The highest BCUT2D eigenvalue weighted by Crippen LogP contribution is 2.19. The number of rotatable bonds is 3. The van der Waals surface area contributed by atoms with E-state index in [4.69, 9.17) is 4.52 Å². The van der Waals surface area contributed by atoms with E-state index in [0.29, 0.717) is 23.7 Å². The van der Waals surface area contributed by atoms with Gasteiger partial charge < -0.3 is 9.84 Å². The Bertz CT molecular complexity index is 822. The second-order valence-electron chi connectivity index (χ2n) is 4.61. The molecule has 0 aromatic carbocycles. The van der Waals surface area contributed by atoms with Crippen molar-refractivity contribution in [2.45, 2.75) is 20.3 Å². The van der Waals surface area contributed by atoms with E-state index in [1.54, 1.807) is 17.4 Å². The van der Waals surface area contributed by atoms with Crippen molar-refractivity contribution in [3.63, 3.8) is 0 Å². The molecular formula is C14H13BrN4O2. The van der Waals surface area contributed by atoms with Crippen LogP contribution in [0.25, 0.3) is 5.65 Å². The van der Waals surface area contributed by atoms with E-state index in [2.05, 4.69) is 31.4 Å². The maximum atomic E-state index is 12.5. The molecule has 3 aromatic rings. The molecule has 0 aliphatic carbocycles. The van der Waals surface area contributed by atoms with Crippen molar-refractivity contribution in [2.24, 2.45) is 0 Å². The number of nitrogens with one attached hydrogen (secondary N) is 1. The first-order valence-electron chi connectivity index (χ1n) is 6.49. The van der Waals surface area contributed by atoms with Crippen LogP contribution in [0.1, 0.15) is 28.9 Å². The first kappa shape index (κ1) is 13.8. The first-order chi connectivity index (χ1) is 10.1. The summed E-state index contributed by atoms with van der Waals surface area (Å²) in [5.74, 6) is 0.775. The normalized spacial score (nSPS) is 11.0. The molecule has 0 fully saturated rings. The Morgan fingerprint density at radius 1 is 1.48 bits per heavy atom. The minimum atomic E-state index is -0.259. The van der Waals surface area contributed by atoms with Crippen molar-refractivity contribution in [2.75, 3.05) is 5.32 Å². The lowest BCUT2D eigenvalue weighted by Crippen LogP contribution is -2.16. The van der Waals surface area contributed by atoms with Crippen LogP contribution in [-0.2, 0) is 6.42 Å². The molecule has 3 heterocycles. The van der Waals surface area contributed by atoms with Crippen molar-refractivity contribution in [1.82, 2.24) is 14.5 Å². The first-order valence-corrected chi connectivity index (χ1v) is 7.29. The number of amides is 1. The number of aromatic nitrogens is 3. The Morgan fingerprint density at radius 3 is 2.95 bits per heavy atom. The van der Waals surface area contributed by atoms with Crippen LogP contribution in [0, 0.1) is 6.92 Å². The Labute approximate surface area is 129 Å². The monoisotopic (exact) mass is 348 g/mol. The molecule has 108 valence electrons. The minimum Gasteiger partial charge on any atom is -0.360 e. The van der Waals surface area contributed by atoms with Crippen LogP contribution >= 0.6 is 15.9 Å². The van der Waals surface area contributed by atoms with E-state index < -0.39 is 0 Å². The molecule has 7 heteroatoms. The zero-order valence-electron chi connectivity index (χ0n) is 11.6. The molecule has 0 spiro atoms. The molecule has 0 unspecified atom stereocenters. The Kier molecular flexibility index (Phi) is 3.50.